The number of benzene rings is 2. The Hall–Kier alpha value is -3.00. The number of anilines is 1. The summed E-state index contributed by atoms with van der Waals surface area (Å²) < 4.78 is 26.3. The highest BCUT2D eigenvalue weighted by Gasteiger charge is 2.44. The first-order valence-corrected chi connectivity index (χ1v) is 9.79. The minimum atomic E-state index is -4.11. The molecular weight excluding hydrogens is 368 g/mol. The van der Waals surface area contributed by atoms with E-state index >= 15 is 0 Å². The number of Topliss-reactive ketones (excluding diaryl/α,β-unsaturated/α-hetero) is 1. The number of amides is 2. The minimum Gasteiger partial charge on any atom is -0.324 e. The second kappa shape index (κ2) is 7.32. The third-order valence-corrected chi connectivity index (χ3v) is 6.17. The van der Waals surface area contributed by atoms with Gasteiger partial charge in [0, 0.05) is 17.7 Å². The van der Waals surface area contributed by atoms with Crippen LogP contribution in [0.1, 0.15) is 30.1 Å². The van der Waals surface area contributed by atoms with Gasteiger partial charge in [-0.25, -0.2) is 12.7 Å². The molecule has 1 saturated heterocycles. The zero-order chi connectivity index (χ0) is 19.6. The van der Waals surface area contributed by atoms with Gasteiger partial charge >= 0.3 is 0 Å². The Bertz CT molecular complexity index is 985. The van der Waals surface area contributed by atoms with E-state index in [1.54, 1.807) is 42.5 Å². The Morgan fingerprint density at radius 3 is 2.26 bits per heavy atom. The Kier molecular flexibility index (Phi) is 5.09. The molecule has 2 aromatic carbocycles. The normalized spacial score (nSPS) is 17.0. The van der Waals surface area contributed by atoms with Crippen molar-refractivity contribution < 1.29 is 22.8 Å². The first-order chi connectivity index (χ1) is 12.8. The SMILES string of the molecule is CC(=O)c1ccc(NC(=O)[C@H]2CCC(=O)N2S(=O)(=O)c2ccccc2)cc1. The van der Waals surface area contributed by atoms with Crippen LogP contribution in [0, 0.1) is 0 Å². The highest BCUT2D eigenvalue weighted by atomic mass is 32.2. The maximum Gasteiger partial charge on any atom is 0.267 e. The number of carbonyl (C=O) groups excluding carboxylic acids is 3. The molecule has 1 aliphatic rings. The number of rotatable bonds is 5. The summed E-state index contributed by atoms with van der Waals surface area (Å²) in [6.07, 6.45) is 0.0929. The van der Waals surface area contributed by atoms with Gasteiger partial charge in [0.1, 0.15) is 6.04 Å². The van der Waals surface area contributed by atoms with E-state index in [2.05, 4.69) is 5.32 Å². The van der Waals surface area contributed by atoms with Gasteiger partial charge in [0.25, 0.3) is 10.0 Å². The molecular formula is C19H18N2O5S. The monoisotopic (exact) mass is 386 g/mol. The molecule has 0 saturated carbocycles. The van der Waals surface area contributed by atoms with Crippen molar-refractivity contribution >= 4 is 33.3 Å². The summed E-state index contributed by atoms with van der Waals surface area (Å²) in [7, 11) is -4.11. The fourth-order valence-electron chi connectivity index (χ4n) is 2.92. The van der Waals surface area contributed by atoms with E-state index < -0.39 is 27.9 Å². The Labute approximate surface area is 157 Å². The lowest BCUT2D eigenvalue weighted by Crippen LogP contribution is -2.45. The van der Waals surface area contributed by atoms with Gasteiger partial charge in [-0.2, -0.15) is 0 Å². The largest absolute Gasteiger partial charge is 0.324 e. The van der Waals surface area contributed by atoms with E-state index in [4.69, 9.17) is 0 Å². The lowest BCUT2D eigenvalue weighted by Gasteiger charge is -2.23. The molecule has 0 unspecified atom stereocenters. The van der Waals surface area contributed by atoms with Gasteiger partial charge in [0.15, 0.2) is 5.78 Å². The van der Waals surface area contributed by atoms with Gasteiger partial charge in [-0.1, -0.05) is 18.2 Å². The van der Waals surface area contributed by atoms with Gasteiger partial charge < -0.3 is 5.32 Å². The third-order valence-electron chi connectivity index (χ3n) is 4.32. The number of sulfonamides is 1. The second-order valence-corrected chi connectivity index (χ2v) is 8.00. The summed E-state index contributed by atoms with van der Waals surface area (Å²) in [5.41, 5.74) is 0.915. The van der Waals surface area contributed by atoms with Crippen LogP contribution in [0.2, 0.25) is 0 Å². The third kappa shape index (κ3) is 3.75. The van der Waals surface area contributed by atoms with Crippen LogP contribution in [-0.2, 0) is 19.6 Å². The zero-order valence-corrected chi connectivity index (χ0v) is 15.4. The smallest absolute Gasteiger partial charge is 0.267 e. The van der Waals surface area contributed by atoms with E-state index in [0.717, 1.165) is 0 Å². The molecule has 0 aromatic heterocycles. The summed E-state index contributed by atoms with van der Waals surface area (Å²) >= 11 is 0. The Morgan fingerprint density at radius 2 is 1.67 bits per heavy atom. The number of nitrogens with zero attached hydrogens (tertiary/aromatic N) is 1. The first-order valence-electron chi connectivity index (χ1n) is 8.35. The molecule has 1 aliphatic heterocycles. The van der Waals surface area contributed by atoms with E-state index in [1.165, 1.54) is 19.1 Å². The van der Waals surface area contributed by atoms with Crippen molar-refractivity contribution in [3.63, 3.8) is 0 Å². The van der Waals surface area contributed by atoms with Crippen molar-refractivity contribution in [1.29, 1.82) is 0 Å². The average Bonchev–Trinajstić information content (AvgIpc) is 3.05. The fraction of sp³-hybridized carbons (Fsp3) is 0.211. The molecule has 0 aliphatic carbocycles. The van der Waals surface area contributed by atoms with Crippen LogP contribution in [0.25, 0.3) is 0 Å². The van der Waals surface area contributed by atoms with Crippen LogP contribution in [0.4, 0.5) is 5.69 Å². The summed E-state index contributed by atoms with van der Waals surface area (Å²) in [5, 5.41) is 2.62. The molecule has 0 spiro atoms. The van der Waals surface area contributed by atoms with Gasteiger partial charge in [-0.05, 0) is 49.7 Å². The molecule has 27 heavy (non-hydrogen) atoms. The van der Waals surface area contributed by atoms with Crippen LogP contribution in [-0.4, -0.2) is 36.4 Å². The number of hydrogen-bond acceptors (Lipinski definition) is 5. The Balaban J connectivity index is 1.83. The van der Waals surface area contributed by atoms with Crippen LogP contribution in [0.3, 0.4) is 0 Å². The van der Waals surface area contributed by atoms with Gasteiger partial charge in [0.2, 0.25) is 11.8 Å². The Morgan fingerprint density at radius 1 is 1.04 bits per heavy atom. The van der Waals surface area contributed by atoms with Gasteiger partial charge in [-0.15, -0.1) is 0 Å². The van der Waals surface area contributed by atoms with Gasteiger partial charge in [0.05, 0.1) is 4.90 Å². The predicted molar refractivity (Wildman–Crippen MR) is 98.6 cm³/mol. The molecule has 0 bridgehead atoms. The molecule has 0 radical (unpaired) electrons. The number of carbonyl (C=O) groups is 3. The molecule has 1 heterocycles. The van der Waals surface area contributed by atoms with Crippen molar-refractivity contribution in [2.45, 2.75) is 30.7 Å². The molecule has 7 nitrogen and oxygen atoms in total. The fourth-order valence-corrected chi connectivity index (χ4v) is 4.54. The number of ketones is 1. The van der Waals surface area contributed by atoms with E-state index in [9.17, 15) is 22.8 Å². The highest BCUT2D eigenvalue weighted by molar-refractivity contribution is 7.89. The minimum absolute atomic E-state index is 0.0204. The summed E-state index contributed by atoms with van der Waals surface area (Å²) in [5.74, 6) is -1.30. The molecule has 2 aromatic rings. The molecule has 3 rings (SSSR count). The molecule has 2 amide bonds. The maximum atomic E-state index is 12.8. The molecule has 1 N–H and O–H groups in total. The van der Waals surface area contributed by atoms with Crippen molar-refractivity contribution in [3.8, 4) is 0 Å². The van der Waals surface area contributed by atoms with Crippen LogP contribution >= 0.6 is 0 Å². The van der Waals surface area contributed by atoms with Crippen molar-refractivity contribution in [3.05, 3.63) is 60.2 Å². The topological polar surface area (TPSA) is 101 Å². The quantitative estimate of drug-likeness (QED) is 0.794. The highest BCUT2D eigenvalue weighted by Crippen LogP contribution is 2.28. The number of nitrogens with one attached hydrogen (secondary N) is 1. The van der Waals surface area contributed by atoms with Crippen molar-refractivity contribution in [2.75, 3.05) is 5.32 Å². The summed E-state index contributed by atoms with van der Waals surface area (Å²) in [6, 6.07) is 12.7. The van der Waals surface area contributed by atoms with Crippen molar-refractivity contribution in [2.24, 2.45) is 0 Å². The predicted octanol–water partition coefficient (Wildman–Crippen LogP) is 2.21. The maximum absolute atomic E-state index is 12.8. The lowest BCUT2D eigenvalue weighted by molar-refractivity contribution is -0.128. The standard InChI is InChI=1S/C19H18N2O5S/c1-13(22)14-7-9-15(10-8-14)20-19(24)17-11-12-18(23)21(17)27(25,26)16-5-3-2-4-6-16/h2-10,17H,11-12H2,1H3,(H,20,24)/t17-/m1/s1. The molecule has 1 atom stereocenters. The van der Waals surface area contributed by atoms with E-state index in [0.29, 0.717) is 15.6 Å². The summed E-state index contributed by atoms with van der Waals surface area (Å²) in [6.45, 7) is 1.43. The summed E-state index contributed by atoms with van der Waals surface area (Å²) in [4.78, 5) is 36.1. The van der Waals surface area contributed by atoms with Crippen molar-refractivity contribution in [1.82, 2.24) is 4.31 Å². The van der Waals surface area contributed by atoms with Crippen LogP contribution in [0.5, 0.6) is 0 Å². The number of hydrogen-bond donors (Lipinski definition) is 1. The van der Waals surface area contributed by atoms with Crippen LogP contribution in [0.15, 0.2) is 59.5 Å². The lowest BCUT2D eigenvalue weighted by atomic mass is 10.1. The molecule has 8 heteroatoms. The van der Waals surface area contributed by atoms with E-state index in [-0.39, 0.29) is 23.5 Å². The van der Waals surface area contributed by atoms with Gasteiger partial charge in [-0.3, -0.25) is 14.4 Å². The molecule has 140 valence electrons. The first kappa shape index (κ1) is 18.8. The van der Waals surface area contributed by atoms with Crippen LogP contribution < -0.4 is 5.32 Å². The average molecular weight is 386 g/mol. The zero-order valence-electron chi connectivity index (χ0n) is 14.6. The van der Waals surface area contributed by atoms with E-state index in [1.807, 2.05) is 0 Å². The molecule has 1 fully saturated rings. The second-order valence-electron chi connectivity index (χ2n) is 6.18.